The molecule has 2 aromatic carbocycles. The molecule has 0 radical (unpaired) electrons. The Morgan fingerprint density at radius 1 is 0.949 bits per heavy atom. The number of carbonyl (C=O) groups excluding carboxylic acids is 2. The minimum atomic E-state index is -2.31. The van der Waals surface area contributed by atoms with Crippen LogP contribution in [0.4, 0.5) is 27.6 Å². The minimum absolute atomic E-state index is 0.118. The molecule has 0 aliphatic rings. The smallest absolute Gasteiger partial charge is 0.338 e. The highest BCUT2D eigenvalue weighted by molar-refractivity contribution is 6.03. The number of aromatic nitrogens is 2. The molecule has 0 aliphatic carbocycles. The second kappa shape index (κ2) is 11.0. The van der Waals surface area contributed by atoms with E-state index < -0.39 is 53.3 Å². The number of amides is 1. The fraction of sp³-hybridized carbons (Fsp3) is 0.192. The first-order valence-corrected chi connectivity index (χ1v) is 11.3. The van der Waals surface area contributed by atoms with Gasteiger partial charge >= 0.3 is 5.97 Å². The number of nitrogens with zero attached hydrogens (tertiary/aromatic N) is 2. The highest BCUT2D eigenvalue weighted by atomic mass is 19.2. The van der Waals surface area contributed by atoms with E-state index in [1.807, 2.05) is 0 Å². The molecule has 4 aromatic rings. The number of ether oxygens (including phenoxy) is 2. The third kappa shape index (κ3) is 5.33. The Labute approximate surface area is 217 Å². The summed E-state index contributed by atoms with van der Waals surface area (Å²) >= 11 is 0. The van der Waals surface area contributed by atoms with Crippen molar-refractivity contribution in [1.82, 2.24) is 9.78 Å². The predicted molar refractivity (Wildman–Crippen MR) is 126 cm³/mol. The van der Waals surface area contributed by atoms with Gasteiger partial charge in [0.25, 0.3) is 5.91 Å². The van der Waals surface area contributed by atoms with Gasteiger partial charge in [0.1, 0.15) is 12.4 Å². The van der Waals surface area contributed by atoms with Gasteiger partial charge in [0.2, 0.25) is 29.1 Å². The maximum atomic E-state index is 13.8. The average Bonchev–Trinajstić information content (AvgIpc) is 3.51. The largest absolute Gasteiger partial charge is 0.479 e. The zero-order valence-corrected chi connectivity index (χ0v) is 20.7. The maximum Gasteiger partial charge on any atom is 0.338 e. The standard InChI is InChI=1S/C26H20F5N3O5/c1-12-23(13(2)34(33-12)10-14-6-4-5-7-16(14)26(36)37-3)32-25(35)17-9-8-15(39-17)11-38-24-21(30)19(28)18(27)20(29)22(24)31/h4-9H,10-11H2,1-3H3,(H,32,35). The van der Waals surface area contributed by atoms with Crippen molar-refractivity contribution in [3.63, 3.8) is 0 Å². The van der Waals surface area contributed by atoms with Crippen LogP contribution in [0.5, 0.6) is 5.75 Å². The molecule has 2 aromatic heterocycles. The molecule has 1 amide bonds. The number of halogens is 5. The Bertz CT molecular complexity index is 1550. The molecule has 0 fully saturated rings. The van der Waals surface area contributed by atoms with Crippen molar-refractivity contribution in [1.29, 1.82) is 0 Å². The molecule has 2 heterocycles. The van der Waals surface area contributed by atoms with Gasteiger partial charge in [-0.05, 0) is 37.6 Å². The van der Waals surface area contributed by atoms with Crippen LogP contribution < -0.4 is 10.1 Å². The van der Waals surface area contributed by atoms with Crippen molar-refractivity contribution in [3.8, 4) is 5.75 Å². The second-order valence-electron chi connectivity index (χ2n) is 8.26. The summed E-state index contributed by atoms with van der Waals surface area (Å²) < 4.78 is 84.0. The van der Waals surface area contributed by atoms with Crippen LogP contribution >= 0.6 is 0 Å². The Hall–Kier alpha value is -4.68. The van der Waals surface area contributed by atoms with Crippen LogP contribution in [0.1, 0.15) is 43.6 Å². The summed E-state index contributed by atoms with van der Waals surface area (Å²) in [5.41, 5.74) is 2.44. The van der Waals surface area contributed by atoms with Crippen molar-refractivity contribution in [2.75, 3.05) is 12.4 Å². The van der Waals surface area contributed by atoms with E-state index in [-0.39, 0.29) is 18.1 Å². The van der Waals surface area contributed by atoms with Crippen molar-refractivity contribution in [3.05, 3.63) is 99.5 Å². The lowest BCUT2D eigenvalue weighted by Crippen LogP contribution is -2.13. The zero-order chi connectivity index (χ0) is 28.4. The first kappa shape index (κ1) is 27.4. The summed E-state index contributed by atoms with van der Waals surface area (Å²) in [5.74, 6) is -13.9. The molecule has 0 unspecified atom stereocenters. The molecule has 0 atom stereocenters. The number of furan rings is 1. The van der Waals surface area contributed by atoms with Crippen molar-refractivity contribution >= 4 is 17.6 Å². The Balaban J connectivity index is 1.47. The van der Waals surface area contributed by atoms with Gasteiger partial charge in [-0.2, -0.15) is 13.9 Å². The topological polar surface area (TPSA) is 95.6 Å². The SMILES string of the molecule is COC(=O)c1ccccc1Cn1nc(C)c(NC(=O)c2ccc(COc3c(F)c(F)c(F)c(F)c3F)o2)c1C. The lowest BCUT2D eigenvalue weighted by Gasteiger charge is -2.10. The summed E-state index contributed by atoms with van der Waals surface area (Å²) in [6, 6.07) is 9.33. The van der Waals surface area contributed by atoms with Crippen molar-refractivity contribution < 1.29 is 45.4 Å². The number of hydrogen-bond acceptors (Lipinski definition) is 6. The number of methoxy groups -OCH3 is 1. The van der Waals surface area contributed by atoms with Gasteiger partial charge in [0.15, 0.2) is 11.5 Å². The Morgan fingerprint density at radius 2 is 1.59 bits per heavy atom. The third-order valence-corrected chi connectivity index (χ3v) is 5.78. The van der Waals surface area contributed by atoms with Crippen LogP contribution in [0.2, 0.25) is 0 Å². The molecule has 1 N–H and O–H groups in total. The van der Waals surface area contributed by atoms with Crippen molar-refractivity contribution in [2.45, 2.75) is 27.0 Å². The number of carbonyl (C=O) groups is 2. The van der Waals surface area contributed by atoms with E-state index in [0.29, 0.717) is 28.2 Å². The van der Waals surface area contributed by atoms with Crippen LogP contribution in [0.3, 0.4) is 0 Å². The molecule has 0 bridgehead atoms. The van der Waals surface area contributed by atoms with Gasteiger partial charge in [-0.3, -0.25) is 9.48 Å². The lowest BCUT2D eigenvalue weighted by molar-refractivity contribution is 0.0599. The normalized spacial score (nSPS) is 11.0. The van der Waals surface area contributed by atoms with Gasteiger partial charge < -0.3 is 19.2 Å². The quantitative estimate of drug-likeness (QED) is 0.136. The van der Waals surface area contributed by atoms with E-state index in [2.05, 4.69) is 10.4 Å². The Kier molecular flexibility index (Phi) is 7.70. The van der Waals surface area contributed by atoms with E-state index in [4.69, 9.17) is 13.9 Å². The minimum Gasteiger partial charge on any atom is -0.479 e. The molecular weight excluding hydrogens is 529 g/mol. The lowest BCUT2D eigenvalue weighted by atomic mass is 10.1. The molecule has 0 aliphatic heterocycles. The third-order valence-electron chi connectivity index (χ3n) is 5.78. The number of esters is 1. The summed E-state index contributed by atoms with van der Waals surface area (Å²) in [6.07, 6.45) is 0. The maximum absolute atomic E-state index is 13.8. The fourth-order valence-corrected chi connectivity index (χ4v) is 3.77. The number of nitrogens with one attached hydrogen (secondary N) is 1. The fourth-order valence-electron chi connectivity index (χ4n) is 3.77. The molecule has 0 saturated carbocycles. The summed E-state index contributed by atoms with van der Waals surface area (Å²) in [7, 11) is 1.28. The first-order valence-electron chi connectivity index (χ1n) is 11.3. The summed E-state index contributed by atoms with van der Waals surface area (Å²) in [6.45, 7) is 2.87. The molecule has 39 heavy (non-hydrogen) atoms. The second-order valence-corrected chi connectivity index (χ2v) is 8.26. The number of anilines is 1. The van der Waals surface area contributed by atoms with Crippen LogP contribution in [0.15, 0.2) is 40.8 Å². The zero-order valence-electron chi connectivity index (χ0n) is 20.7. The van der Waals surface area contributed by atoms with Gasteiger partial charge in [-0.25, -0.2) is 18.0 Å². The van der Waals surface area contributed by atoms with Crippen LogP contribution in [0, 0.1) is 42.9 Å². The van der Waals surface area contributed by atoms with E-state index in [0.717, 1.165) is 0 Å². The van der Waals surface area contributed by atoms with Crippen LogP contribution in [-0.4, -0.2) is 28.8 Å². The Morgan fingerprint density at radius 3 is 2.26 bits per heavy atom. The van der Waals surface area contributed by atoms with E-state index >= 15 is 0 Å². The molecule has 204 valence electrons. The molecule has 4 rings (SSSR count). The summed E-state index contributed by atoms with van der Waals surface area (Å²) in [5, 5.41) is 7.09. The molecular formula is C26H20F5N3O5. The predicted octanol–water partition coefficient (Wildman–Crippen LogP) is 5.45. The molecule has 0 spiro atoms. The van der Waals surface area contributed by atoms with Crippen LogP contribution in [-0.2, 0) is 17.9 Å². The molecule has 8 nitrogen and oxygen atoms in total. The molecule has 0 saturated heterocycles. The number of aryl methyl sites for hydroxylation is 1. The highest BCUT2D eigenvalue weighted by Crippen LogP contribution is 2.30. The average molecular weight is 549 g/mol. The first-order chi connectivity index (χ1) is 18.5. The number of hydrogen-bond donors (Lipinski definition) is 1. The van der Waals surface area contributed by atoms with Gasteiger partial charge in [0, 0.05) is 0 Å². The van der Waals surface area contributed by atoms with Gasteiger partial charge in [0.05, 0.1) is 36.3 Å². The van der Waals surface area contributed by atoms with Crippen molar-refractivity contribution in [2.24, 2.45) is 0 Å². The van der Waals surface area contributed by atoms with E-state index in [1.54, 1.807) is 42.8 Å². The highest BCUT2D eigenvalue weighted by Gasteiger charge is 2.27. The van der Waals surface area contributed by atoms with Gasteiger partial charge in [-0.1, -0.05) is 18.2 Å². The van der Waals surface area contributed by atoms with Crippen LogP contribution in [0.25, 0.3) is 0 Å². The monoisotopic (exact) mass is 549 g/mol. The van der Waals surface area contributed by atoms with E-state index in [9.17, 15) is 31.5 Å². The number of rotatable bonds is 8. The number of benzene rings is 2. The van der Waals surface area contributed by atoms with Gasteiger partial charge in [-0.15, -0.1) is 0 Å². The molecule has 13 heteroatoms. The van der Waals surface area contributed by atoms with E-state index in [1.165, 1.54) is 19.2 Å². The summed E-state index contributed by atoms with van der Waals surface area (Å²) in [4.78, 5) is 24.9.